The molecular formula is C25H22BrNO6. The molecule has 0 unspecified atom stereocenters. The molecule has 0 saturated carbocycles. The van der Waals surface area contributed by atoms with Crippen LogP contribution in [0.15, 0.2) is 65.1 Å². The number of amides is 1. The number of ketones is 1. The minimum Gasteiger partial charge on any atom is -0.497 e. The van der Waals surface area contributed by atoms with Crippen LogP contribution in [0.5, 0.6) is 17.2 Å². The molecule has 33 heavy (non-hydrogen) atoms. The molecule has 0 fully saturated rings. The summed E-state index contributed by atoms with van der Waals surface area (Å²) in [6.45, 7) is 1.94. The van der Waals surface area contributed by atoms with Gasteiger partial charge in [0.1, 0.15) is 17.2 Å². The Bertz CT molecular complexity index is 1210. The van der Waals surface area contributed by atoms with Crippen LogP contribution in [0.1, 0.15) is 27.6 Å². The standard InChI is InChI=1S/C25H22BrNO6/c1-14-7-8-16(12-20(14)26)27-25(29)33-24-22(28)19-13-18(31-3)9-10-21(19)32-23(24)15-5-4-6-17(11-15)30-2/h4-13,23-24H,1-3H3,(H,27,29)/t23-,24+/m0/s1. The molecule has 8 heteroatoms. The van der Waals surface area contributed by atoms with Crippen LogP contribution in [0.25, 0.3) is 0 Å². The molecule has 4 rings (SSSR count). The summed E-state index contributed by atoms with van der Waals surface area (Å²) in [4.78, 5) is 26.2. The number of carbonyl (C=O) groups is 2. The predicted octanol–water partition coefficient (Wildman–Crippen LogP) is 5.71. The van der Waals surface area contributed by atoms with Crippen molar-refractivity contribution in [1.82, 2.24) is 0 Å². The summed E-state index contributed by atoms with van der Waals surface area (Å²) in [5, 5.41) is 2.67. The van der Waals surface area contributed by atoms with Gasteiger partial charge in [-0.15, -0.1) is 0 Å². The van der Waals surface area contributed by atoms with E-state index >= 15 is 0 Å². The van der Waals surface area contributed by atoms with E-state index in [0.29, 0.717) is 28.5 Å². The number of nitrogens with one attached hydrogen (secondary N) is 1. The second-order valence-electron chi connectivity index (χ2n) is 7.46. The second kappa shape index (κ2) is 9.54. The number of aryl methyl sites for hydroxylation is 1. The highest BCUT2D eigenvalue weighted by Crippen LogP contribution is 2.39. The molecule has 3 aromatic rings. The Hall–Kier alpha value is -3.52. The molecule has 1 aliphatic heterocycles. The van der Waals surface area contributed by atoms with Crippen molar-refractivity contribution >= 4 is 33.5 Å². The highest BCUT2D eigenvalue weighted by Gasteiger charge is 2.41. The van der Waals surface area contributed by atoms with Gasteiger partial charge < -0.3 is 18.9 Å². The molecule has 0 aliphatic carbocycles. The van der Waals surface area contributed by atoms with Gasteiger partial charge >= 0.3 is 6.09 Å². The van der Waals surface area contributed by atoms with Crippen molar-refractivity contribution < 1.29 is 28.5 Å². The fourth-order valence-electron chi connectivity index (χ4n) is 3.53. The maximum atomic E-state index is 13.4. The minimum absolute atomic E-state index is 0.282. The van der Waals surface area contributed by atoms with E-state index in [1.165, 1.54) is 7.11 Å². The third-order valence-corrected chi connectivity index (χ3v) is 6.17. The molecule has 170 valence electrons. The lowest BCUT2D eigenvalue weighted by molar-refractivity contribution is 0.0132. The summed E-state index contributed by atoms with van der Waals surface area (Å²) in [6, 6.07) is 17.4. The van der Waals surface area contributed by atoms with Crippen molar-refractivity contribution in [3.63, 3.8) is 0 Å². The van der Waals surface area contributed by atoms with Crippen molar-refractivity contribution in [3.05, 3.63) is 81.8 Å². The van der Waals surface area contributed by atoms with Crippen molar-refractivity contribution in [2.75, 3.05) is 19.5 Å². The third-order valence-electron chi connectivity index (χ3n) is 5.31. The Morgan fingerprint density at radius 2 is 1.76 bits per heavy atom. The highest BCUT2D eigenvalue weighted by atomic mass is 79.9. The van der Waals surface area contributed by atoms with E-state index < -0.39 is 18.3 Å². The van der Waals surface area contributed by atoms with Gasteiger partial charge in [0.2, 0.25) is 11.9 Å². The molecule has 1 N–H and O–H groups in total. The Morgan fingerprint density at radius 3 is 2.48 bits per heavy atom. The maximum Gasteiger partial charge on any atom is 0.412 e. The Labute approximate surface area is 199 Å². The lowest BCUT2D eigenvalue weighted by Crippen LogP contribution is -2.40. The third kappa shape index (κ3) is 4.80. The topological polar surface area (TPSA) is 83.1 Å². The molecule has 1 amide bonds. The first-order valence-electron chi connectivity index (χ1n) is 10.2. The summed E-state index contributed by atoms with van der Waals surface area (Å²) < 4.78 is 23.2. The number of ether oxygens (including phenoxy) is 4. The molecule has 3 aromatic carbocycles. The van der Waals surface area contributed by atoms with Crippen molar-refractivity contribution in [1.29, 1.82) is 0 Å². The van der Waals surface area contributed by atoms with Crippen LogP contribution in [0.2, 0.25) is 0 Å². The molecule has 0 saturated heterocycles. The Kier molecular flexibility index (Phi) is 6.55. The van der Waals surface area contributed by atoms with Crippen LogP contribution in [-0.2, 0) is 4.74 Å². The average Bonchev–Trinajstić information content (AvgIpc) is 2.83. The quantitative estimate of drug-likeness (QED) is 0.472. The van der Waals surface area contributed by atoms with Crippen molar-refractivity contribution in [2.24, 2.45) is 0 Å². The van der Waals surface area contributed by atoms with E-state index in [1.54, 1.807) is 61.7 Å². The van der Waals surface area contributed by atoms with Crippen LogP contribution in [-0.4, -0.2) is 32.2 Å². The number of hydrogen-bond acceptors (Lipinski definition) is 6. The number of carbonyl (C=O) groups excluding carboxylic acids is 2. The minimum atomic E-state index is -1.22. The summed E-state index contributed by atoms with van der Waals surface area (Å²) >= 11 is 3.44. The summed E-state index contributed by atoms with van der Waals surface area (Å²) in [6.07, 6.45) is -2.85. The first-order valence-corrected chi connectivity index (χ1v) is 11.0. The summed E-state index contributed by atoms with van der Waals surface area (Å²) in [5.41, 5.74) is 2.47. The summed E-state index contributed by atoms with van der Waals surface area (Å²) in [7, 11) is 3.06. The number of fused-ring (bicyclic) bond motifs is 1. The number of anilines is 1. The largest absolute Gasteiger partial charge is 0.497 e. The monoisotopic (exact) mass is 511 g/mol. The molecule has 0 spiro atoms. The Morgan fingerprint density at radius 1 is 1.00 bits per heavy atom. The fraction of sp³-hybridized carbons (Fsp3) is 0.200. The Balaban J connectivity index is 1.66. The maximum absolute atomic E-state index is 13.4. The molecule has 0 aromatic heterocycles. The summed E-state index contributed by atoms with van der Waals surface area (Å²) in [5.74, 6) is 1.09. The van der Waals surface area contributed by atoms with E-state index in [2.05, 4.69) is 21.2 Å². The molecule has 7 nitrogen and oxygen atoms in total. The van der Waals surface area contributed by atoms with Crippen LogP contribution in [0, 0.1) is 6.92 Å². The van der Waals surface area contributed by atoms with Crippen LogP contribution in [0.4, 0.5) is 10.5 Å². The highest BCUT2D eigenvalue weighted by molar-refractivity contribution is 9.10. The van der Waals surface area contributed by atoms with Crippen molar-refractivity contribution in [3.8, 4) is 17.2 Å². The zero-order chi connectivity index (χ0) is 23.5. The van der Waals surface area contributed by atoms with Crippen molar-refractivity contribution in [2.45, 2.75) is 19.1 Å². The first-order chi connectivity index (χ1) is 15.9. The van der Waals surface area contributed by atoms with Gasteiger partial charge in [0.25, 0.3) is 0 Å². The lowest BCUT2D eigenvalue weighted by Gasteiger charge is -2.32. The first kappa shape index (κ1) is 22.7. The van der Waals surface area contributed by atoms with Gasteiger partial charge in [0, 0.05) is 15.7 Å². The SMILES string of the molecule is COc1cccc([C@@H]2Oc3ccc(OC)cc3C(=O)[C@H]2OC(=O)Nc2ccc(C)c(Br)c2)c1. The van der Waals surface area contributed by atoms with E-state index in [4.69, 9.17) is 18.9 Å². The van der Waals surface area contributed by atoms with Gasteiger partial charge in [0.15, 0.2) is 6.10 Å². The van der Waals surface area contributed by atoms with Crippen LogP contribution >= 0.6 is 15.9 Å². The smallest absolute Gasteiger partial charge is 0.412 e. The number of methoxy groups -OCH3 is 2. The van der Waals surface area contributed by atoms with Crippen LogP contribution in [0.3, 0.4) is 0 Å². The lowest BCUT2D eigenvalue weighted by atomic mass is 9.93. The number of Topliss-reactive ketones (excluding diaryl/α,β-unsaturated/α-hetero) is 1. The molecular weight excluding hydrogens is 490 g/mol. The molecule has 0 radical (unpaired) electrons. The number of hydrogen-bond donors (Lipinski definition) is 1. The molecule has 1 heterocycles. The number of halogens is 1. The zero-order valence-corrected chi connectivity index (χ0v) is 19.8. The van der Waals surface area contributed by atoms with Gasteiger partial charge in [0.05, 0.1) is 19.8 Å². The average molecular weight is 512 g/mol. The van der Waals surface area contributed by atoms with E-state index in [-0.39, 0.29) is 11.3 Å². The van der Waals surface area contributed by atoms with E-state index in [0.717, 1.165) is 10.0 Å². The molecule has 2 atom stereocenters. The predicted molar refractivity (Wildman–Crippen MR) is 126 cm³/mol. The molecule has 1 aliphatic rings. The van der Waals surface area contributed by atoms with Gasteiger partial charge in [-0.3, -0.25) is 10.1 Å². The molecule has 0 bridgehead atoms. The fourth-order valence-corrected chi connectivity index (χ4v) is 3.91. The normalized spacial score (nSPS) is 16.9. The van der Waals surface area contributed by atoms with E-state index in [9.17, 15) is 9.59 Å². The van der Waals surface area contributed by atoms with E-state index in [1.807, 2.05) is 13.0 Å². The number of benzene rings is 3. The van der Waals surface area contributed by atoms with Gasteiger partial charge in [-0.1, -0.05) is 34.1 Å². The zero-order valence-electron chi connectivity index (χ0n) is 18.3. The van der Waals surface area contributed by atoms with Gasteiger partial charge in [-0.25, -0.2) is 4.79 Å². The van der Waals surface area contributed by atoms with Crippen LogP contribution < -0.4 is 19.5 Å². The van der Waals surface area contributed by atoms with Gasteiger partial charge in [-0.05, 0) is 55.0 Å². The van der Waals surface area contributed by atoms with Gasteiger partial charge in [-0.2, -0.15) is 0 Å². The second-order valence-corrected chi connectivity index (χ2v) is 8.31. The number of rotatable bonds is 5.